The number of nitrogens with one attached hydrogen (secondary N) is 1. The van der Waals surface area contributed by atoms with Crippen LogP contribution in [-0.2, 0) is 11.3 Å². The van der Waals surface area contributed by atoms with Gasteiger partial charge in [-0.2, -0.15) is 0 Å². The number of carbonyl (C=O) groups excluding carboxylic acids is 1. The fourth-order valence-electron chi connectivity index (χ4n) is 2.63. The highest BCUT2D eigenvalue weighted by Crippen LogP contribution is 2.28. The van der Waals surface area contributed by atoms with E-state index in [1.54, 1.807) is 11.3 Å². The van der Waals surface area contributed by atoms with Gasteiger partial charge in [-0.15, -0.1) is 32.9 Å². The first-order valence-corrected chi connectivity index (χ1v) is 11.4. The Morgan fingerprint density at radius 1 is 1.14 bits per heavy atom. The van der Waals surface area contributed by atoms with E-state index in [0.29, 0.717) is 5.13 Å². The Labute approximate surface area is 174 Å². The van der Waals surface area contributed by atoms with Gasteiger partial charge in [0.05, 0.1) is 16.3 Å². The number of rotatable bonds is 7. The van der Waals surface area contributed by atoms with Crippen molar-refractivity contribution in [2.75, 3.05) is 11.1 Å². The zero-order valence-corrected chi connectivity index (χ0v) is 17.5. The minimum atomic E-state index is -0.109. The zero-order valence-electron chi connectivity index (χ0n) is 15.0. The van der Waals surface area contributed by atoms with Crippen LogP contribution < -0.4 is 5.32 Å². The fourth-order valence-corrected chi connectivity index (χ4v) is 4.88. The van der Waals surface area contributed by atoms with Crippen molar-refractivity contribution >= 4 is 45.5 Å². The summed E-state index contributed by atoms with van der Waals surface area (Å²) in [6.45, 7) is 2.79. The van der Waals surface area contributed by atoms with Crippen LogP contribution in [0.4, 0.5) is 5.13 Å². The van der Waals surface area contributed by atoms with E-state index in [-0.39, 0.29) is 11.7 Å². The molecule has 0 spiro atoms. The molecule has 1 amide bonds. The van der Waals surface area contributed by atoms with Gasteiger partial charge in [-0.25, -0.2) is 4.98 Å². The molecule has 0 saturated heterocycles. The van der Waals surface area contributed by atoms with E-state index < -0.39 is 0 Å². The van der Waals surface area contributed by atoms with Crippen molar-refractivity contribution in [2.24, 2.45) is 0 Å². The van der Waals surface area contributed by atoms with Crippen LogP contribution in [0.3, 0.4) is 0 Å². The van der Waals surface area contributed by atoms with Crippen LogP contribution >= 0.6 is 34.4 Å². The van der Waals surface area contributed by atoms with E-state index in [2.05, 4.69) is 20.5 Å². The van der Waals surface area contributed by atoms with Gasteiger partial charge in [0.1, 0.15) is 0 Å². The third-order valence-electron chi connectivity index (χ3n) is 3.93. The van der Waals surface area contributed by atoms with Crippen molar-refractivity contribution < 1.29 is 4.79 Å². The molecule has 0 unspecified atom stereocenters. The van der Waals surface area contributed by atoms with Gasteiger partial charge < -0.3 is 9.88 Å². The highest BCUT2D eigenvalue weighted by molar-refractivity contribution is 7.99. The van der Waals surface area contributed by atoms with Gasteiger partial charge in [0, 0.05) is 17.5 Å². The molecule has 0 saturated carbocycles. The lowest BCUT2D eigenvalue weighted by Gasteiger charge is -2.06. The van der Waals surface area contributed by atoms with Gasteiger partial charge in [0.15, 0.2) is 16.1 Å². The van der Waals surface area contributed by atoms with E-state index in [1.165, 1.54) is 23.1 Å². The highest BCUT2D eigenvalue weighted by atomic mass is 32.2. The summed E-state index contributed by atoms with van der Waals surface area (Å²) in [5.74, 6) is 0.984. The van der Waals surface area contributed by atoms with Gasteiger partial charge in [-0.05, 0) is 18.4 Å². The first-order valence-electron chi connectivity index (χ1n) is 8.65. The molecule has 6 nitrogen and oxygen atoms in total. The molecule has 28 heavy (non-hydrogen) atoms. The van der Waals surface area contributed by atoms with Crippen LogP contribution in [0.15, 0.2) is 58.4 Å². The van der Waals surface area contributed by atoms with Crippen LogP contribution in [-0.4, -0.2) is 31.4 Å². The molecule has 0 atom stereocenters. The number of carbonyl (C=O) groups is 1. The van der Waals surface area contributed by atoms with Crippen molar-refractivity contribution in [3.8, 4) is 22.0 Å². The Morgan fingerprint density at radius 2 is 2.00 bits per heavy atom. The largest absolute Gasteiger partial charge is 0.302 e. The Hall–Kier alpha value is -2.49. The zero-order chi connectivity index (χ0) is 19.3. The highest BCUT2D eigenvalue weighted by Gasteiger charge is 2.15. The minimum absolute atomic E-state index is 0.109. The number of aromatic nitrogens is 4. The van der Waals surface area contributed by atoms with E-state index in [1.807, 2.05) is 64.7 Å². The summed E-state index contributed by atoms with van der Waals surface area (Å²) >= 11 is 4.43. The number of hydrogen-bond donors (Lipinski definition) is 1. The third kappa shape index (κ3) is 4.16. The molecule has 0 radical (unpaired) electrons. The molecule has 9 heteroatoms. The van der Waals surface area contributed by atoms with Crippen molar-refractivity contribution in [1.82, 2.24) is 19.7 Å². The van der Waals surface area contributed by atoms with Crippen molar-refractivity contribution in [1.29, 1.82) is 0 Å². The minimum Gasteiger partial charge on any atom is -0.302 e. The number of anilines is 1. The first-order chi connectivity index (χ1) is 13.7. The number of hydrogen-bond acceptors (Lipinski definition) is 7. The smallest absolute Gasteiger partial charge is 0.236 e. The van der Waals surface area contributed by atoms with E-state index in [4.69, 9.17) is 0 Å². The molecule has 1 aromatic carbocycles. The predicted octanol–water partition coefficient (Wildman–Crippen LogP) is 4.88. The quantitative estimate of drug-likeness (QED) is 0.426. The van der Waals surface area contributed by atoms with Gasteiger partial charge in [-0.1, -0.05) is 48.2 Å². The summed E-state index contributed by atoms with van der Waals surface area (Å²) in [7, 11) is 0. The van der Waals surface area contributed by atoms with Crippen LogP contribution in [0.25, 0.3) is 22.0 Å². The summed E-state index contributed by atoms with van der Waals surface area (Å²) < 4.78 is 2.03. The molecule has 4 aromatic rings. The molecular weight excluding hydrogens is 410 g/mol. The Bertz CT molecular complexity index is 1060. The Balaban J connectivity index is 1.38. The molecule has 3 aromatic heterocycles. The lowest BCUT2D eigenvalue weighted by atomic mass is 10.2. The number of thiophene rings is 1. The molecule has 4 rings (SSSR count). The lowest BCUT2D eigenvalue weighted by Crippen LogP contribution is -2.14. The number of amides is 1. The molecule has 1 N–H and O–H groups in total. The molecule has 0 aliphatic heterocycles. The van der Waals surface area contributed by atoms with Crippen LogP contribution in [0.5, 0.6) is 0 Å². The molecule has 0 aliphatic rings. The van der Waals surface area contributed by atoms with Crippen LogP contribution in [0, 0.1) is 0 Å². The van der Waals surface area contributed by atoms with Gasteiger partial charge >= 0.3 is 0 Å². The molecule has 0 bridgehead atoms. The van der Waals surface area contributed by atoms with Crippen molar-refractivity contribution in [3.05, 3.63) is 53.2 Å². The SMILES string of the molecule is CCn1c(SCC(=O)Nc2nc(-c3ccccc3)cs2)nnc1-c1cccs1. The molecule has 0 fully saturated rings. The van der Waals surface area contributed by atoms with Gasteiger partial charge in [-0.3, -0.25) is 4.79 Å². The predicted molar refractivity (Wildman–Crippen MR) is 116 cm³/mol. The third-order valence-corrected chi connectivity index (χ3v) is 6.52. The summed E-state index contributed by atoms with van der Waals surface area (Å²) in [6, 6.07) is 13.9. The van der Waals surface area contributed by atoms with Crippen LogP contribution in [0.1, 0.15) is 6.92 Å². The number of benzene rings is 1. The Morgan fingerprint density at radius 3 is 2.75 bits per heavy atom. The van der Waals surface area contributed by atoms with Gasteiger partial charge in [0.25, 0.3) is 0 Å². The summed E-state index contributed by atoms with van der Waals surface area (Å²) in [5.41, 5.74) is 1.89. The van der Waals surface area contributed by atoms with Crippen LogP contribution in [0.2, 0.25) is 0 Å². The first kappa shape index (κ1) is 18.9. The summed E-state index contributed by atoms with van der Waals surface area (Å²) in [5, 5.41) is 16.7. The second kappa shape index (κ2) is 8.68. The van der Waals surface area contributed by atoms with Crippen molar-refractivity contribution in [2.45, 2.75) is 18.6 Å². The maximum atomic E-state index is 12.3. The van der Waals surface area contributed by atoms with E-state index in [0.717, 1.165) is 33.7 Å². The maximum Gasteiger partial charge on any atom is 0.236 e. The number of thioether (sulfide) groups is 1. The average Bonchev–Trinajstić information content (AvgIpc) is 3.47. The standard InChI is InChI=1S/C19H17N5OS3/c1-2-24-17(15-9-6-10-26-15)22-23-19(24)28-12-16(25)21-18-20-14(11-27-18)13-7-4-3-5-8-13/h3-11H,2,12H2,1H3,(H,20,21,25). The topological polar surface area (TPSA) is 72.7 Å². The average molecular weight is 428 g/mol. The van der Waals surface area contributed by atoms with Gasteiger partial charge in [0.2, 0.25) is 5.91 Å². The molecule has 0 aliphatic carbocycles. The number of nitrogens with zero attached hydrogens (tertiary/aromatic N) is 4. The second-order valence-electron chi connectivity index (χ2n) is 5.77. The maximum absolute atomic E-state index is 12.3. The lowest BCUT2D eigenvalue weighted by molar-refractivity contribution is -0.113. The summed E-state index contributed by atoms with van der Waals surface area (Å²) in [6.07, 6.45) is 0. The normalized spacial score (nSPS) is 10.9. The second-order valence-corrected chi connectivity index (χ2v) is 8.52. The monoisotopic (exact) mass is 427 g/mol. The fraction of sp³-hybridized carbons (Fsp3) is 0.158. The summed E-state index contributed by atoms with van der Waals surface area (Å²) in [4.78, 5) is 17.9. The number of thiazole rings is 1. The van der Waals surface area contributed by atoms with E-state index >= 15 is 0 Å². The molecular formula is C19H17N5OS3. The Kier molecular flexibility index (Phi) is 5.84. The van der Waals surface area contributed by atoms with E-state index in [9.17, 15) is 4.79 Å². The van der Waals surface area contributed by atoms with Crippen molar-refractivity contribution in [3.63, 3.8) is 0 Å². The molecule has 142 valence electrons. The molecule has 3 heterocycles.